The third-order valence-corrected chi connectivity index (χ3v) is 2.78. The van der Waals surface area contributed by atoms with E-state index in [-0.39, 0.29) is 5.57 Å². The minimum absolute atomic E-state index is 0.100. The molecule has 3 nitrogen and oxygen atoms in total. The van der Waals surface area contributed by atoms with Crippen LogP contribution in [0.2, 0.25) is 0 Å². The third-order valence-electron chi connectivity index (χ3n) is 2.78. The lowest BCUT2D eigenvalue weighted by Crippen LogP contribution is -2.18. The lowest BCUT2D eigenvalue weighted by atomic mass is 10.1. The molecule has 0 aliphatic carbocycles. The number of rotatable bonds is 1. The van der Waals surface area contributed by atoms with Crippen LogP contribution in [0.1, 0.15) is 5.56 Å². The summed E-state index contributed by atoms with van der Waals surface area (Å²) in [6, 6.07) is 11.7. The maximum Gasteiger partial charge on any atom is 0.129 e. The average Bonchev–Trinajstić information content (AvgIpc) is 2.42. The molecule has 1 aliphatic rings. The van der Waals surface area contributed by atoms with Gasteiger partial charge in [-0.25, -0.2) is 0 Å². The Morgan fingerprint density at radius 2 is 1.89 bits per heavy atom. The van der Waals surface area contributed by atoms with Gasteiger partial charge in [0.25, 0.3) is 0 Å². The van der Waals surface area contributed by atoms with Crippen molar-refractivity contribution in [3.05, 3.63) is 59.3 Å². The molecule has 0 aromatic heterocycles. The SMILES string of the molecule is CN1C(=CC=C(C#N)C#N)C=Cc2ccccc21. The van der Waals surface area contributed by atoms with Crippen molar-refractivity contribution in [1.29, 1.82) is 10.5 Å². The number of anilines is 1. The lowest BCUT2D eigenvalue weighted by molar-refractivity contribution is 1.12. The van der Waals surface area contributed by atoms with Gasteiger partial charge in [0.15, 0.2) is 0 Å². The van der Waals surface area contributed by atoms with Crippen LogP contribution in [-0.2, 0) is 0 Å². The molecule has 2 rings (SSSR count). The molecular weight excluding hydrogens is 222 g/mol. The van der Waals surface area contributed by atoms with E-state index >= 15 is 0 Å². The zero-order valence-electron chi connectivity index (χ0n) is 9.96. The Kier molecular flexibility index (Phi) is 3.27. The van der Waals surface area contributed by atoms with E-state index in [2.05, 4.69) is 0 Å². The number of hydrogen-bond donors (Lipinski definition) is 0. The van der Waals surface area contributed by atoms with Gasteiger partial charge in [0.1, 0.15) is 17.7 Å². The van der Waals surface area contributed by atoms with Crippen LogP contribution in [0.3, 0.4) is 0 Å². The van der Waals surface area contributed by atoms with Crippen LogP contribution in [0.5, 0.6) is 0 Å². The van der Waals surface area contributed by atoms with Crippen molar-refractivity contribution < 1.29 is 0 Å². The molecule has 3 heteroatoms. The average molecular weight is 233 g/mol. The molecular formula is C15H11N3. The fourth-order valence-electron chi connectivity index (χ4n) is 1.80. The van der Waals surface area contributed by atoms with Gasteiger partial charge in [0.2, 0.25) is 0 Å². The topological polar surface area (TPSA) is 50.8 Å². The van der Waals surface area contributed by atoms with Gasteiger partial charge < -0.3 is 4.90 Å². The van der Waals surface area contributed by atoms with E-state index in [9.17, 15) is 0 Å². The Labute approximate surface area is 106 Å². The van der Waals surface area contributed by atoms with Crippen molar-refractivity contribution in [2.75, 3.05) is 11.9 Å². The van der Waals surface area contributed by atoms with Gasteiger partial charge >= 0.3 is 0 Å². The minimum atomic E-state index is 0.100. The smallest absolute Gasteiger partial charge is 0.129 e. The van der Waals surface area contributed by atoms with Crippen molar-refractivity contribution in [2.24, 2.45) is 0 Å². The van der Waals surface area contributed by atoms with Crippen LogP contribution in [-0.4, -0.2) is 7.05 Å². The molecule has 0 amide bonds. The van der Waals surface area contributed by atoms with E-state index in [0.717, 1.165) is 16.9 Å². The first kappa shape index (κ1) is 11.7. The second-order valence-corrected chi connectivity index (χ2v) is 3.85. The summed E-state index contributed by atoms with van der Waals surface area (Å²) in [5, 5.41) is 17.4. The maximum atomic E-state index is 8.68. The monoisotopic (exact) mass is 233 g/mol. The molecule has 1 aliphatic heterocycles. The summed E-state index contributed by atoms with van der Waals surface area (Å²) in [5.74, 6) is 0. The summed E-state index contributed by atoms with van der Waals surface area (Å²) < 4.78 is 0. The van der Waals surface area contributed by atoms with E-state index in [1.165, 1.54) is 6.08 Å². The van der Waals surface area contributed by atoms with Crippen molar-refractivity contribution in [2.45, 2.75) is 0 Å². The minimum Gasteiger partial charge on any atom is -0.344 e. The first-order valence-electron chi connectivity index (χ1n) is 5.49. The van der Waals surface area contributed by atoms with Crippen molar-refractivity contribution >= 4 is 11.8 Å². The Hall–Kier alpha value is -2.78. The molecule has 0 N–H and O–H groups in total. The van der Waals surface area contributed by atoms with Crippen LogP contribution in [0, 0.1) is 22.7 Å². The number of fused-ring (bicyclic) bond motifs is 1. The zero-order chi connectivity index (χ0) is 13.0. The molecule has 0 bridgehead atoms. The summed E-state index contributed by atoms with van der Waals surface area (Å²) in [6.07, 6.45) is 7.29. The molecule has 1 aromatic rings. The Balaban J connectivity index is 2.37. The number of hydrogen-bond acceptors (Lipinski definition) is 3. The predicted octanol–water partition coefficient (Wildman–Crippen LogP) is 3.01. The molecule has 0 saturated heterocycles. The summed E-state index contributed by atoms with van der Waals surface area (Å²) >= 11 is 0. The second kappa shape index (κ2) is 5.03. The first-order chi connectivity index (χ1) is 8.76. The van der Waals surface area contributed by atoms with E-state index in [1.807, 2.05) is 60.5 Å². The van der Waals surface area contributed by atoms with Crippen LogP contribution in [0.4, 0.5) is 5.69 Å². The standard InChI is InChI=1S/C15H11N3/c1-18-14(8-6-12(10-16)11-17)9-7-13-4-2-3-5-15(13)18/h2-9H,1H3. The number of nitrogens with zero attached hydrogens (tertiary/aromatic N) is 3. The normalized spacial score (nSPS) is 14.6. The number of benzene rings is 1. The highest BCUT2D eigenvalue weighted by Crippen LogP contribution is 2.28. The quantitative estimate of drug-likeness (QED) is 0.700. The maximum absolute atomic E-state index is 8.68. The van der Waals surface area contributed by atoms with E-state index in [1.54, 1.807) is 6.08 Å². The fraction of sp³-hybridized carbons (Fsp3) is 0.0667. The first-order valence-corrected chi connectivity index (χ1v) is 5.49. The lowest BCUT2D eigenvalue weighted by Gasteiger charge is -2.25. The molecule has 86 valence electrons. The zero-order valence-corrected chi connectivity index (χ0v) is 9.96. The van der Waals surface area contributed by atoms with Gasteiger partial charge in [-0.15, -0.1) is 0 Å². The van der Waals surface area contributed by atoms with Crippen LogP contribution in [0.15, 0.2) is 53.8 Å². The van der Waals surface area contributed by atoms with E-state index < -0.39 is 0 Å². The Morgan fingerprint density at radius 1 is 1.17 bits per heavy atom. The summed E-state index contributed by atoms with van der Waals surface area (Å²) in [7, 11) is 1.96. The van der Waals surface area contributed by atoms with E-state index in [4.69, 9.17) is 10.5 Å². The third kappa shape index (κ3) is 2.16. The van der Waals surface area contributed by atoms with Crippen molar-refractivity contribution in [1.82, 2.24) is 0 Å². The molecule has 0 unspecified atom stereocenters. The van der Waals surface area contributed by atoms with Gasteiger partial charge in [-0.2, -0.15) is 10.5 Å². The van der Waals surface area contributed by atoms with Crippen LogP contribution < -0.4 is 4.90 Å². The van der Waals surface area contributed by atoms with Gasteiger partial charge in [-0.1, -0.05) is 24.3 Å². The van der Waals surface area contributed by atoms with Gasteiger partial charge in [-0.3, -0.25) is 0 Å². The molecule has 0 atom stereocenters. The van der Waals surface area contributed by atoms with Gasteiger partial charge in [0.05, 0.1) is 0 Å². The van der Waals surface area contributed by atoms with Crippen LogP contribution in [0.25, 0.3) is 6.08 Å². The fourth-order valence-corrected chi connectivity index (χ4v) is 1.80. The highest BCUT2D eigenvalue weighted by atomic mass is 15.1. The van der Waals surface area contributed by atoms with Gasteiger partial charge in [0, 0.05) is 18.4 Å². The molecule has 0 fully saturated rings. The Morgan fingerprint density at radius 3 is 2.61 bits per heavy atom. The molecule has 0 spiro atoms. The number of allylic oxidation sites excluding steroid dienone is 4. The number of likely N-dealkylation sites (N-methyl/N-ethyl adjacent to an activating group) is 1. The molecule has 0 radical (unpaired) electrons. The predicted molar refractivity (Wildman–Crippen MR) is 71.3 cm³/mol. The molecule has 1 aromatic carbocycles. The largest absolute Gasteiger partial charge is 0.344 e. The number of nitriles is 2. The summed E-state index contributed by atoms with van der Waals surface area (Å²) in [6.45, 7) is 0. The summed E-state index contributed by atoms with van der Waals surface area (Å²) in [5.41, 5.74) is 3.30. The number of para-hydroxylation sites is 1. The van der Waals surface area contributed by atoms with Gasteiger partial charge in [-0.05, 0) is 29.9 Å². The van der Waals surface area contributed by atoms with Crippen molar-refractivity contribution in [3.63, 3.8) is 0 Å². The molecule has 18 heavy (non-hydrogen) atoms. The molecule has 1 heterocycles. The highest BCUT2D eigenvalue weighted by Gasteiger charge is 2.11. The van der Waals surface area contributed by atoms with Crippen molar-refractivity contribution in [3.8, 4) is 12.1 Å². The van der Waals surface area contributed by atoms with E-state index in [0.29, 0.717) is 0 Å². The van der Waals surface area contributed by atoms with Crippen LogP contribution >= 0.6 is 0 Å². The second-order valence-electron chi connectivity index (χ2n) is 3.85. The summed E-state index contributed by atoms with van der Waals surface area (Å²) in [4.78, 5) is 2.03. The highest BCUT2D eigenvalue weighted by molar-refractivity contribution is 5.76. The molecule has 0 saturated carbocycles. The Bertz CT molecular complexity index is 620.